The predicted molar refractivity (Wildman–Crippen MR) is 79.3 cm³/mol. The molecular weight excluding hydrogens is 302 g/mol. The molecule has 3 aliphatic heterocycles. The first-order chi connectivity index (χ1) is 10.7. The summed E-state index contributed by atoms with van der Waals surface area (Å²) in [6.07, 6.45) is 2.34. The minimum atomic E-state index is -2.22. The van der Waals surface area contributed by atoms with E-state index >= 15 is 0 Å². The molecule has 0 unspecified atom stereocenters. The molecule has 3 rings (SSSR count). The van der Waals surface area contributed by atoms with Crippen molar-refractivity contribution in [3.05, 3.63) is 11.6 Å². The highest BCUT2D eigenvalue weighted by Gasteiger charge is 2.56. The summed E-state index contributed by atoms with van der Waals surface area (Å²) in [4.78, 5) is 26.9. The summed E-state index contributed by atoms with van der Waals surface area (Å²) in [5.74, 6) is -2.65. The quantitative estimate of drug-likeness (QED) is 0.462. The SMILES string of the molecule is C[C@H]1C(=O)O[C@H]2CCN3CC=C(COC(=O)[C@](C)(O)[C@@]1(C)O)[C@@H]23. The summed E-state index contributed by atoms with van der Waals surface area (Å²) in [6.45, 7) is 5.41. The first-order valence-electron chi connectivity index (χ1n) is 7.91. The fourth-order valence-electron chi connectivity index (χ4n) is 3.52. The number of hydrogen-bond acceptors (Lipinski definition) is 7. The van der Waals surface area contributed by atoms with Crippen LogP contribution in [0.3, 0.4) is 0 Å². The summed E-state index contributed by atoms with van der Waals surface area (Å²) in [5, 5.41) is 21.1. The van der Waals surface area contributed by atoms with Crippen LogP contribution in [0, 0.1) is 5.92 Å². The molecule has 23 heavy (non-hydrogen) atoms. The van der Waals surface area contributed by atoms with Crippen LogP contribution in [0.2, 0.25) is 0 Å². The second kappa shape index (κ2) is 5.29. The maximum Gasteiger partial charge on any atom is 0.341 e. The number of ether oxygens (including phenoxy) is 2. The smallest absolute Gasteiger partial charge is 0.341 e. The summed E-state index contributed by atoms with van der Waals surface area (Å²) in [6, 6.07) is -0.0908. The molecule has 2 fully saturated rings. The molecule has 0 aromatic rings. The van der Waals surface area contributed by atoms with Crippen LogP contribution in [0.5, 0.6) is 0 Å². The molecule has 0 spiro atoms. The summed E-state index contributed by atoms with van der Waals surface area (Å²) >= 11 is 0. The predicted octanol–water partition coefficient (Wildman–Crippen LogP) is -0.393. The molecule has 5 atom stereocenters. The lowest BCUT2D eigenvalue weighted by Gasteiger charge is -2.39. The van der Waals surface area contributed by atoms with Gasteiger partial charge in [-0.2, -0.15) is 0 Å². The monoisotopic (exact) mass is 325 g/mol. The number of carbonyl (C=O) groups excluding carboxylic acids is 2. The van der Waals surface area contributed by atoms with Gasteiger partial charge in [0.05, 0.1) is 12.0 Å². The minimum absolute atomic E-state index is 0.0225. The Morgan fingerprint density at radius 3 is 2.70 bits per heavy atom. The third-order valence-electron chi connectivity index (χ3n) is 5.63. The molecule has 0 amide bonds. The topological polar surface area (TPSA) is 96.3 Å². The Bertz CT molecular complexity index is 567. The number of cyclic esters (lactones) is 1. The van der Waals surface area contributed by atoms with E-state index in [-0.39, 0.29) is 18.8 Å². The third kappa shape index (κ3) is 2.38. The largest absolute Gasteiger partial charge is 0.460 e. The average Bonchev–Trinajstić information content (AvgIpc) is 3.06. The van der Waals surface area contributed by atoms with Crippen LogP contribution in [0.25, 0.3) is 0 Å². The summed E-state index contributed by atoms with van der Waals surface area (Å²) < 4.78 is 10.8. The normalized spacial score (nSPS) is 44.9. The van der Waals surface area contributed by atoms with E-state index in [1.54, 1.807) is 0 Å². The van der Waals surface area contributed by atoms with E-state index in [4.69, 9.17) is 9.47 Å². The van der Waals surface area contributed by atoms with Gasteiger partial charge in [-0.3, -0.25) is 9.69 Å². The molecule has 0 aliphatic carbocycles. The van der Waals surface area contributed by atoms with Crippen molar-refractivity contribution in [3.8, 4) is 0 Å². The molecule has 0 saturated carbocycles. The molecule has 0 aromatic heterocycles. The van der Waals surface area contributed by atoms with Crippen LogP contribution < -0.4 is 0 Å². The van der Waals surface area contributed by atoms with Crippen molar-refractivity contribution in [3.63, 3.8) is 0 Å². The van der Waals surface area contributed by atoms with E-state index < -0.39 is 29.1 Å². The van der Waals surface area contributed by atoms with Gasteiger partial charge in [0.2, 0.25) is 0 Å². The van der Waals surface area contributed by atoms with Crippen LogP contribution in [0.4, 0.5) is 0 Å². The lowest BCUT2D eigenvalue weighted by molar-refractivity contribution is -0.205. The lowest BCUT2D eigenvalue weighted by Crippen LogP contribution is -2.61. The Morgan fingerprint density at radius 1 is 1.30 bits per heavy atom. The van der Waals surface area contributed by atoms with Gasteiger partial charge in [0.1, 0.15) is 18.3 Å². The van der Waals surface area contributed by atoms with Crippen LogP contribution in [0.1, 0.15) is 27.2 Å². The Hall–Kier alpha value is -1.44. The zero-order chi connectivity index (χ0) is 17.0. The van der Waals surface area contributed by atoms with Crippen molar-refractivity contribution in [1.29, 1.82) is 0 Å². The molecule has 3 aliphatic rings. The Balaban J connectivity index is 1.97. The lowest BCUT2D eigenvalue weighted by atomic mass is 9.76. The van der Waals surface area contributed by atoms with E-state index in [9.17, 15) is 19.8 Å². The number of rotatable bonds is 0. The second-order valence-electron chi connectivity index (χ2n) is 7.00. The summed E-state index contributed by atoms with van der Waals surface area (Å²) in [5.41, 5.74) is -3.35. The fourth-order valence-corrected chi connectivity index (χ4v) is 3.52. The maximum absolute atomic E-state index is 12.4. The standard InChI is InChI=1S/C16H23NO6/c1-9-13(18)23-11-5-7-17-6-4-10(12(11)17)8-22-14(19)16(3,21)15(9,2)20/h4,9,11-12,20-21H,5-8H2,1-3H3/t9-,11-,12-,15-,16-/m0/s1. The van der Waals surface area contributed by atoms with Crippen molar-refractivity contribution in [2.24, 2.45) is 5.92 Å². The molecule has 0 radical (unpaired) electrons. The van der Waals surface area contributed by atoms with E-state index in [1.807, 2.05) is 6.08 Å². The van der Waals surface area contributed by atoms with Gasteiger partial charge < -0.3 is 19.7 Å². The van der Waals surface area contributed by atoms with Crippen LogP contribution in [0.15, 0.2) is 11.6 Å². The highest BCUT2D eigenvalue weighted by molar-refractivity contribution is 5.83. The van der Waals surface area contributed by atoms with Crippen molar-refractivity contribution in [2.45, 2.75) is 50.5 Å². The van der Waals surface area contributed by atoms with Crippen molar-refractivity contribution < 1.29 is 29.3 Å². The Labute approximate surface area is 134 Å². The van der Waals surface area contributed by atoms with E-state index in [1.165, 1.54) is 13.8 Å². The van der Waals surface area contributed by atoms with Gasteiger partial charge in [-0.1, -0.05) is 6.08 Å². The molecule has 2 N–H and O–H groups in total. The molecular formula is C16H23NO6. The van der Waals surface area contributed by atoms with Crippen molar-refractivity contribution in [2.75, 3.05) is 19.7 Å². The molecule has 2 saturated heterocycles. The van der Waals surface area contributed by atoms with E-state index in [0.717, 1.165) is 25.6 Å². The van der Waals surface area contributed by atoms with Gasteiger partial charge in [-0.05, 0) is 32.8 Å². The van der Waals surface area contributed by atoms with Crippen molar-refractivity contribution >= 4 is 11.9 Å². The maximum atomic E-state index is 12.4. The highest BCUT2D eigenvalue weighted by Crippen LogP contribution is 2.36. The van der Waals surface area contributed by atoms with E-state index in [2.05, 4.69) is 4.90 Å². The van der Waals surface area contributed by atoms with Gasteiger partial charge in [0.25, 0.3) is 0 Å². The van der Waals surface area contributed by atoms with Gasteiger partial charge >= 0.3 is 11.9 Å². The third-order valence-corrected chi connectivity index (χ3v) is 5.63. The number of carbonyl (C=O) groups is 2. The van der Waals surface area contributed by atoms with Crippen molar-refractivity contribution in [1.82, 2.24) is 4.90 Å². The molecule has 0 aromatic carbocycles. The van der Waals surface area contributed by atoms with Gasteiger partial charge in [0.15, 0.2) is 5.60 Å². The average molecular weight is 325 g/mol. The fraction of sp³-hybridized carbons (Fsp3) is 0.750. The second-order valence-corrected chi connectivity index (χ2v) is 7.00. The number of nitrogens with zero attached hydrogens (tertiary/aromatic N) is 1. The van der Waals surface area contributed by atoms with Gasteiger partial charge in [0, 0.05) is 13.1 Å². The zero-order valence-electron chi connectivity index (χ0n) is 13.6. The van der Waals surface area contributed by atoms with E-state index in [0.29, 0.717) is 6.42 Å². The number of aliphatic hydroxyl groups is 2. The van der Waals surface area contributed by atoms with Crippen LogP contribution in [-0.4, -0.2) is 70.1 Å². The summed E-state index contributed by atoms with van der Waals surface area (Å²) in [7, 11) is 0. The van der Waals surface area contributed by atoms with Crippen LogP contribution >= 0.6 is 0 Å². The first kappa shape index (κ1) is 16.4. The van der Waals surface area contributed by atoms with Gasteiger partial charge in [-0.15, -0.1) is 0 Å². The highest BCUT2D eigenvalue weighted by atomic mass is 16.6. The Kier molecular flexibility index (Phi) is 3.78. The molecule has 7 heteroatoms. The van der Waals surface area contributed by atoms with Crippen LogP contribution in [-0.2, 0) is 19.1 Å². The first-order valence-corrected chi connectivity index (χ1v) is 7.91. The Morgan fingerprint density at radius 2 is 2.00 bits per heavy atom. The zero-order valence-corrected chi connectivity index (χ0v) is 13.6. The molecule has 128 valence electrons. The molecule has 3 heterocycles. The van der Waals surface area contributed by atoms with Gasteiger partial charge in [-0.25, -0.2) is 4.79 Å². The minimum Gasteiger partial charge on any atom is -0.460 e. The molecule has 0 bridgehead atoms. The number of esters is 2. The molecule has 7 nitrogen and oxygen atoms in total. The number of hydrogen-bond donors (Lipinski definition) is 2.